The normalized spacial score (nSPS) is 11.0. The Bertz CT molecular complexity index is 1320. The van der Waals surface area contributed by atoms with Crippen LogP contribution in [0.1, 0.15) is 29.5 Å². The number of hydrogen-bond donors (Lipinski definition) is 2. The van der Waals surface area contributed by atoms with Gasteiger partial charge in [-0.25, -0.2) is 0 Å². The minimum Gasteiger partial charge on any atom is -0.451 e. The molecule has 0 atom stereocenters. The van der Waals surface area contributed by atoms with Gasteiger partial charge in [-0.1, -0.05) is 31.5 Å². The fourth-order valence-corrected chi connectivity index (χ4v) is 3.29. The van der Waals surface area contributed by atoms with Gasteiger partial charge in [-0.3, -0.25) is 14.4 Å². The Morgan fingerprint density at radius 2 is 1.86 bits per heavy atom. The first kappa shape index (κ1) is 17.7. The molecule has 2 N–H and O–H groups in total. The van der Waals surface area contributed by atoms with E-state index in [1.165, 1.54) is 6.07 Å². The number of anilines is 1. The third-order valence-corrected chi connectivity index (χ3v) is 4.56. The van der Waals surface area contributed by atoms with Crippen molar-refractivity contribution >= 4 is 33.5 Å². The van der Waals surface area contributed by atoms with Gasteiger partial charge >= 0.3 is 0 Å². The van der Waals surface area contributed by atoms with E-state index in [0.29, 0.717) is 22.2 Å². The summed E-state index contributed by atoms with van der Waals surface area (Å²) in [6.07, 6.45) is 1.73. The highest BCUT2D eigenvalue weighted by atomic mass is 16.3. The van der Waals surface area contributed by atoms with Crippen LogP contribution in [-0.2, 0) is 6.42 Å². The number of aromatic nitrogens is 1. The highest BCUT2D eigenvalue weighted by Gasteiger charge is 2.13. The number of nitrogens with one attached hydrogen (secondary N) is 2. The molecular weight excluding hydrogens is 356 g/mol. The highest BCUT2D eigenvalue weighted by molar-refractivity contribution is 6.04. The number of benzene rings is 2. The molecule has 4 aromatic rings. The average molecular weight is 374 g/mol. The van der Waals surface area contributed by atoms with Crippen LogP contribution in [0.3, 0.4) is 0 Å². The van der Waals surface area contributed by atoms with Crippen LogP contribution in [0.5, 0.6) is 0 Å². The number of amides is 1. The Morgan fingerprint density at radius 3 is 2.68 bits per heavy atom. The Labute approximate surface area is 159 Å². The molecule has 0 spiro atoms. The second-order valence-corrected chi connectivity index (χ2v) is 6.59. The van der Waals surface area contributed by atoms with Crippen molar-refractivity contribution in [3.05, 3.63) is 86.5 Å². The summed E-state index contributed by atoms with van der Waals surface area (Å²) in [6.45, 7) is 2.05. The van der Waals surface area contributed by atoms with E-state index in [1.807, 2.05) is 6.07 Å². The summed E-state index contributed by atoms with van der Waals surface area (Å²) in [7, 11) is 0. The molecule has 0 aliphatic heterocycles. The highest BCUT2D eigenvalue weighted by Crippen LogP contribution is 2.21. The van der Waals surface area contributed by atoms with Crippen LogP contribution >= 0.6 is 0 Å². The van der Waals surface area contributed by atoms with Gasteiger partial charge in [0.25, 0.3) is 5.91 Å². The molecule has 2 aromatic carbocycles. The first-order chi connectivity index (χ1) is 13.5. The Balaban J connectivity index is 1.69. The maximum Gasteiger partial charge on any atom is 0.291 e. The maximum atomic E-state index is 12.6. The minimum atomic E-state index is -0.533. The molecule has 0 bridgehead atoms. The van der Waals surface area contributed by atoms with E-state index in [2.05, 4.69) is 17.2 Å². The first-order valence-electron chi connectivity index (χ1n) is 9.05. The molecule has 0 saturated heterocycles. The van der Waals surface area contributed by atoms with Gasteiger partial charge < -0.3 is 14.7 Å². The molecule has 0 aliphatic carbocycles. The number of aryl methyl sites for hydroxylation is 1. The lowest BCUT2D eigenvalue weighted by Crippen LogP contribution is -2.15. The number of H-pyrrole nitrogens is 1. The topological polar surface area (TPSA) is 92.2 Å². The largest absolute Gasteiger partial charge is 0.451 e. The quantitative estimate of drug-likeness (QED) is 0.568. The van der Waals surface area contributed by atoms with E-state index in [4.69, 9.17) is 4.42 Å². The number of carbonyl (C=O) groups is 1. The number of hydrogen-bond acceptors (Lipinski definition) is 4. The molecule has 4 rings (SSSR count). The average Bonchev–Trinajstić information content (AvgIpc) is 2.68. The molecule has 140 valence electrons. The van der Waals surface area contributed by atoms with Crippen molar-refractivity contribution in [2.75, 3.05) is 5.32 Å². The second-order valence-electron chi connectivity index (χ2n) is 6.59. The smallest absolute Gasteiger partial charge is 0.291 e. The van der Waals surface area contributed by atoms with Crippen LogP contribution in [0.25, 0.3) is 21.9 Å². The van der Waals surface area contributed by atoms with Gasteiger partial charge in [0.15, 0.2) is 11.2 Å². The van der Waals surface area contributed by atoms with Crippen molar-refractivity contribution < 1.29 is 9.21 Å². The Morgan fingerprint density at radius 1 is 1.04 bits per heavy atom. The molecule has 1 amide bonds. The van der Waals surface area contributed by atoms with Gasteiger partial charge in [-0.15, -0.1) is 0 Å². The van der Waals surface area contributed by atoms with Crippen LogP contribution in [0.15, 0.2) is 68.6 Å². The zero-order valence-corrected chi connectivity index (χ0v) is 15.2. The first-order valence-corrected chi connectivity index (χ1v) is 9.05. The van der Waals surface area contributed by atoms with Crippen molar-refractivity contribution in [3.63, 3.8) is 0 Å². The van der Waals surface area contributed by atoms with E-state index in [9.17, 15) is 14.4 Å². The second kappa shape index (κ2) is 7.15. The van der Waals surface area contributed by atoms with Crippen molar-refractivity contribution in [2.45, 2.75) is 19.8 Å². The SMILES string of the molecule is CCCc1cc(=O)[nH]c2cc(NC(=O)c3cc(=O)c4ccccc4o3)ccc12. The van der Waals surface area contributed by atoms with Gasteiger partial charge in [0, 0.05) is 23.2 Å². The van der Waals surface area contributed by atoms with Crippen LogP contribution in [0.4, 0.5) is 5.69 Å². The van der Waals surface area contributed by atoms with Crippen LogP contribution in [0.2, 0.25) is 0 Å². The van der Waals surface area contributed by atoms with Gasteiger partial charge in [0.2, 0.25) is 5.56 Å². The van der Waals surface area contributed by atoms with Gasteiger partial charge in [-0.2, -0.15) is 0 Å². The molecule has 0 radical (unpaired) electrons. The van der Waals surface area contributed by atoms with E-state index in [0.717, 1.165) is 23.8 Å². The number of fused-ring (bicyclic) bond motifs is 2. The summed E-state index contributed by atoms with van der Waals surface area (Å²) in [5.74, 6) is -0.605. The predicted octanol–water partition coefficient (Wildman–Crippen LogP) is 3.84. The Kier molecular flexibility index (Phi) is 4.53. The lowest BCUT2D eigenvalue weighted by molar-refractivity contribution is 0.0997. The monoisotopic (exact) mass is 374 g/mol. The summed E-state index contributed by atoms with van der Waals surface area (Å²) in [5, 5.41) is 4.08. The van der Waals surface area contributed by atoms with E-state index < -0.39 is 5.91 Å². The third kappa shape index (κ3) is 3.32. The molecule has 0 aliphatic rings. The molecule has 6 heteroatoms. The zero-order chi connectivity index (χ0) is 19.7. The zero-order valence-electron chi connectivity index (χ0n) is 15.2. The van der Waals surface area contributed by atoms with Crippen molar-refractivity contribution in [1.82, 2.24) is 4.98 Å². The van der Waals surface area contributed by atoms with Gasteiger partial charge in [-0.05, 0) is 36.2 Å². The number of para-hydroxylation sites is 1. The van der Waals surface area contributed by atoms with Crippen molar-refractivity contribution in [2.24, 2.45) is 0 Å². The minimum absolute atomic E-state index is 0.0722. The molecule has 0 fully saturated rings. The fourth-order valence-electron chi connectivity index (χ4n) is 3.29. The standard InChI is InChI=1S/C22H18N2O4/c1-2-5-13-10-21(26)24-17-11-14(8-9-15(13)17)23-22(27)20-12-18(25)16-6-3-4-7-19(16)28-20/h3-4,6-12H,2,5H2,1H3,(H,23,27)(H,24,26). The van der Waals surface area contributed by atoms with Crippen molar-refractivity contribution in [3.8, 4) is 0 Å². The van der Waals surface area contributed by atoms with Gasteiger partial charge in [0.1, 0.15) is 5.58 Å². The number of pyridine rings is 1. The third-order valence-electron chi connectivity index (χ3n) is 4.56. The fraction of sp³-hybridized carbons (Fsp3) is 0.136. The molecule has 2 aromatic heterocycles. The summed E-state index contributed by atoms with van der Waals surface area (Å²) < 4.78 is 5.56. The summed E-state index contributed by atoms with van der Waals surface area (Å²) in [5.41, 5.74) is 2.01. The number of aromatic amines is 1. The van der Waals surface area contributed by atoms with Crippen molar-refractivity contribution in [1.29, 1.82) is 0 Å². The molecule has 2 heterocycles. The summed E-state index contributed by atoms with van der Waals surface area (Å²) in [4.78, 5) is 39.5. The Hall–Kier alpha value is -3.67. The molecule has 0 unspecified atom stereocenters. The molecule has 28 heavy (non-hydrogen) atoms. The van der Waals surface area contributed by atoms with E-state index in [1.54, 1.807) is 42.5 Å². The lowest BCUT2D eigenvalue weighted by atomic mass is 10.0. The lowest BCUT2D eigenvalue weighted by Gasteiger charge is -2.09. The molecule has 0 saturated carbocycles. The van der Waals surface area contributed by atoms with Crippen LogP contribution in [-0.4, -0.2) is 10.9 Å². The summed E-state index contributed by atoms with van der Waals surface area (Å²) in [6, 6.07) is 14.9. The maximum absolute atomic E-state index is 12.6. The number of rotatable bonds is 4. The van der Waals surface area contributed by atoms with E-state index in [-0.39, 0.29) is 16.7 Å². The van der Waals surface area contributed by atoms with E-state index >= 15 is 0 Å². The van der Waals surface area contributed by atoms with Crippen LogP contribution < -0.4 is 16.3 Å². The van der Waals surface area contributed by atoms with Crippen LogP contribution in [0, 0.1) is 0 Å². The number of carbonyl (C=O) groups excluding carboxylic acids is 1. The summed E-state index contributed by atoms with van der Waals surface area (Å²) >= 11 is 0. The molecular formula is C22H18N2O4. The van der Waals surface area contributed by atoms with Gasteiger partial charge in [0.05, 0.1) is 10.9 Å². The predicted molar refractivity (Wildman–Crippen MR) is 109 cm³/mol. The molecule has 6 nitrogen and oxygen atoms in total.